The summed E-state index contributed by atoms with van der Waals surface area (Å²) < 4.78 is 6.64. The molecule has 0 aromatic heterocycles. The van der Waals surface area contributed by atoms with E-state index >= 15 is 0 Å². The van der Waals surface area contributed by atoms with Crippen molar-refractivity contribution >= 4 is 33.6 Å². The van der Waals surface area contributed by atoms with Crippen molar-refractivity contribution < 1.29 is 9.53 Å². The fourth-order valence-electron chi connectivity index (χ4n) is 1.70. The van der Waals surface area contributed by atoms with E-state index in [0.717, 1.165) is 34.6 Å². The highest BCUT2D eigenvalue weighted by atomic mass is 79.9. The van der Waals surface area contributed by atoms with Crippen LogP contribution >= 0.6 is 27.7 Å². The highest BCUT2D eigenvalue weighted by molar-refractivity contribution is 9.10. The Morgan fingerprint density at radius 3 is 3.00 bits per heavy atom. The summed E-state index contributed by atoms with van der Waals surface area (Å²) in [6, 6.07) is 7.42. The Balaban J connectivity index is 2.01. The molecule has 0 heterocycles. The summed E-state index contributed by atoms with van der Waals surface area (Å²) in [6.07, 6.45) is 1.66. The number of hydrogen-bond acceptors (Lipinski definition) is 4. The molecule has 1 aromatic carbocycles. The first-order valence-corrected chi connectivity index (χ1v) is 9.07. The number of carbonyl (C=O) groups excluding carboxylic acids is 1. The molecule has 0 spiro atoms. The van der Waals surface area contributed by atoms with Gasteiger partial charge < -0.3 is 15.8 Å². The van der Waals surface area contributed by atoms with Gasteiger partial charge in [0.1, 0.15) is 5.75 Å². The van der Waals surface area contributed by atoms with Crippen LogP contribution in [-0.4, -0.2) is 36.6 Å². The lowest BCUT2D eigenvalue weighted by molar-refractivity contribution is -0.122. The Morgan fingerprint density at radius 1 is 1.48 bits per heavy atom. The molecule has 1 atom stereocenters. The fraction of sp³-hybridized carbons (Fsp3) is 0.533. The zero-order chi connectivity index (χ0) is 15.5. The molecule has 0 bridgehead atoms. The molecule has 0 saturated heterocycles. The molecule has 3 N–H and O–H groups in total. The quantitative estimate of drug-likeness (QED) is 0.618. The van der Waals surface area contributed by atoms with Crippen molar-refractivity contribution in [3.63, 3.8) is 0 Å². The third-order valence-corrected chi connectivity index (χ3v) is 4.22. The van der Waals surface area contributed by atoms with Crippen LogP contribution in [0.3, 0.4) is 0 Å². The molecule has 0 saturated carbocycles. The second-order valence-electron chi connectivity index (χ2n) is 4.60. The van der Waals surface area contributed by atoms with E-state index in [9.17, 15) is 4.79 Å². The molecule has 6 heteroatoms. The SMILES string of the molecule is CCCC(N)C(=O)NCCSCCOc1cccc(Br)c1. The molecule has 21 heavy (non-hydrogen) atoms. The van der Waals surface area contributed by atoms with Gasteiger partial charge in [-0.1, -0.05) is 35.3 Å². The van der Waals surface area contributed by atoms with Crippen LogP contribution < -0.4 is 15.8 Å². The van der Waals surface area contributed by atoms with Crippen molar-refractivity contribution in [1.29, 1.82) is 0 Å². The van der Waals surface area contributed by atoms with E-state index in [2.05, 4.69) is 21.2 Å². The van der Waals surface area contributed by atoms with Crippen LogP contribution in [0, 0.1) is 0 Å². The monoisotopic (exact) mass is 374 g/mol. The van der Waals surface area contributed by atoms with E-state index in [-0.39, 0.29) is 11.9 Å². The number of halogens is 1. The van der Waals surface area contributed by atoms with Gasteiger partial charge in [0, 0.05) is 22.5 Å². The standard InChI is InChI=1S/C15H23BrN2O2S/c1-2-4-14(17)15(19)18-7-9-21-10-8-20-13-6-3-5-12(16)11-13/h3,5-6,11,14H,2,4,7-10,17H2,1H3,(H,18,19). The first-order chi connectivity index (χ1) is 10.1. The average molecular weight is 375 g/mol. The molecule has 118 valence electrons. The summed E-state index contributed by atoms with van der Waals surface area (Å²) in [4.78, 5) is 11.6. The molecule has 0 aliphatic heterocycles. The zero-order valence-corrected chi connectivity index (χ0v) is 14.7. The first-order valence-electron chi connectivity index (χ1n) is 7.13. The maximum absolute atomic E-state index is 11.6. The van der Waals surface area contributed by atoms with Crippen LogP contribution in [0.15, 0.2) is 28.7 Å². The number of nitrogens with two attached hydrogens (primary N) is 1. The number of carbonyl (C=O) groups is 1. The lowest BCUT2D eigenvalue weighted by atomic mass is 10.2. The highest BCUT2D eigenvalue weighted by Crippen LogP contribution is 2.17. The smallest absolute Gasteiger partial charge is 0.236 e. The third-order valence-electron chi connectivity index (χ3n) is 2.77. The van der Waals surface area contributed by atoms with Crippen molar-refractivity contribution in [3.05, 3.63) is 28.7 Å². The van der Waals surface area contributed by atoms with E-state index < -0.39 is 0 Å². The Morgan fingerprint density at radius 2 is 2.29 bits per heavy atom. The number of hydrogen-bond donors (Lipinski definition) is 2. The molecule has 0 fully saturated rings. The van der Waals surface area contributed by atoms with Gasteiger partial charge in [-0.15, -0.1) is 0 Å². The van der Waals surface area contributed by atoms with Crippen LogP contribution in [0.2, 0.25) is 0 Å². The number of thioether (sulfide) groups is 1. The number of benzene rings is 1. The lowest BCUT2D eigenvalue weighted by Crippen LogP contribution is -2.41. The lowest BCUT2D eigenvalue weighted by Gasteiger charge is -2.11. The fourth-order valence-corrected chi connectivity index (χ4v) is 2.73. The van der Waals surface area contributed by atoms with E-state index in [4.69, 9.17) is 10.5 Å². The number of ether oxygens (including phenoxy) is 1. The first kappa shape index (κ1) is 18.3. The van der Waals surface area contributed by atoms with E-state index in [1.54, 1.807) is 11.8 Å². The van der Waals surface area contributed by atoms with Crippen LogP contribution in [0.1, 0.15) is 19.8 Å². The average Bonchev–Trinajstić information content (AvgIpc) is 2.46. The summed E-state index contributed by atoms with van der Waals surface area (Å²) in [5.74, 6) is 2.57. The third kappa shape index (κ3) is 8.34. The minimum atomic E-state index is -0.375. The Bertz CT molecular complexity index is 432. The van der Waals surface area contributed by atoms with E-state index in [1.807, 2.05) is 31.2 Å². The predicted octanol–water partition coefficient (Wildman–Crippen LogP) is 2.80. The maximum Gasteiger partial charge on any atom is 0.236 e. The Labute approximate surface area is 139 Å². The number of rotatable bonds is 10. The molecule has 1 unspecified atom stereocenters. The van der Waals surface area contributed by atoms with Gasteiger partial charge in [0.05, 0.1) is 12.6 Å². The molecular weight excluding hydrogens is 352 g/mol. The van der Waals surface area contributed by atoms with Gasteiger partial charge >= 0.3 is 0 Å². The summed E-state index contributed by atoms with van der Waals surface area (Å²) >= 11 is 5.16. The van der Waals surface area contributed by atoms with Gasteiger partial charge in [-0.2, -0.15) is 11.8 Å². The van der Waals surface area contributed by atoms with Crippen LogP contribution in [0.25, 0.3) is 0 Å². The molecule has 1 rings (SSSR count). The minimum absolute atomic E-state index is 0.0529. The molecule has 0 aliphatic rings. The second-order valence-corrected chi connectivity index (χ2v) is 6.74. The van der Waals surface area contributed by atoms with Gasteiger partial charge in [0.25, 0.3) is 0 Å². The number of nitrogens with one attached hydrogen (secondary N) is 1. The van der Waals surface area contributed by atoms with E-state index in [1.165, 1.54) is 0 Å². The summed E-state index contributed by atoms with van der Waals surface area (Å²) in [6.45, 7) is 3.33. The maximum atomic E-state index is 11.6. The van der Waals surface area contributed by atoms with Crippen LogP contribution in [-0.2, 0) is 4.79 Å². The molecule has 0 radical (unpaired) electrons. The Hall–Kier alpha value is -0.720. The molecular formula is C15H23BrN2O2S. The van der Waals surface area contributed by atoms with Crippen molar-refractivity contribution in [2.24, 2.45) is 5.73 Å². The van der Waals surface area contributed by atoms with Gasteiger partial charge in [0.2, 0.25) is 5.91 Å². The van der Waals surface area contributed by atoms with Crippen molar-refractivity contribution in [1.82, 2.24) is 5.32 Å². The molecule has 4 nitrogen and oxygen atoms in total. The van der Waals surface area contributed by atoms with Gasteiger partial charge in [0.15, 0.2) is 0 Å². The highest BCUT2D eigenvalue weighted by Gasteiger charge is 2.10. The summed E-state index contributed by atoms with van der Waals surface area (Å²) in [7, 11) is 0. The van der Waals surface area contributed by atoms with Gasteiger partial charge in [-0.05, 0) is 24.6 Å². The van der Waals surface area contributed by atoms with Gasteiger partial charge in [-0.3, -0.25) is 4.79 Å². The van der Waals surface area contributed by atoms with Crippen LogP contribution in [0.4, 0.5) is 0 Å². The van der Waals surface area contributed by atoms with Crippen LogP contribution in [0.5, 0.6) is 5.75 Å². The topological polar surface area (TPSA) is 64.4 Å². The predicted molar refractivity (Wildman–Crippen MR) is 92.9 cm³/mol. The minimum Gasteiger partial charge on any atom is -0.493 e. The largest absolute Gasteiger partial charge is 0.493 e. The second kappa shape index (κ2) is 10.9. The zero-order valence-electron chi connectivity index (χ0n) is 12.3. The molecule has 1 aromatic rings. The number of amides is 1. The molecule has 0 aliphatic carbocycles. The van der Waals surface area contributed by atoms with Crippen molar-refractivity contribution in [2.75, 3.05) is 24.7 Å². The van der Waals surface area contributed by atoms with Crippen molar-refractivity contribution in [3.8, 4) is 5.75 Å². The van der Waals surface area contributed by atoms with Crippen molar-refractivity contribution in [2.45, 2.75) is 25.8 Å². The summed E-state index contributed by atoms with van der Waals surface area (Å²) in [5, 5.41) is 2.85. The summed E-state index contributed by atoms with van der Waals surface area (Å²) in [5.41, 5.74) is 5.72. The van der Waals surface area contributed by atoms with Gasteiger partial charge in [-0.25, -0.2) is 0 Å². The molecule has 1 amide bonds. The normalized spacial score (nSPS) is 12.0. The Kier molecular flexibility index (Phi) is 9.54. The van der Waals surface area contributed by atoms with E-state index in [0.29, 0.717) is 13.2 Å².